The molecule has 2 heterocycles. The van der Waals surface area contributed by atoms with Gasteiger partial charge in [0.15, 0.2) is 0 Å². The van der Waals surface area contributed by atoms with E-state index in [1.165, 1.54) is 0 Å². The van der Waals surface area contributed by atoms with Gasteiger partial charge in [-0.25, -0.2) is 0 Å². The molecule has 94 valence electrons. The molecule has 0 unspecified atom stereocenters. The van der Waals surface area contributed by atoms with Gasteiger partial charge in [-0.2, -0.15) is 5.10 Å². The summed E-state index contributed by atoms with van der Waals surface area (Å²) in [6.07, 6.45) is 6.25. The number of carboxylic acids is 1. The highest BCUT2D eigenvalue weighted by Gasteiger charge is 2.30. The second-order valence-corrected chi connectivity index (χ2v) is 4.62. The van der Waals surface area contributed by atoms with Crippen LogP contribution in [-0.2, 0) is 4.79 Å². The van der Waals surface area contributed by atoms with E-state index in [0.29, 0.717) is 18.6 Å². The van der Waals surface area contributed by atoms with Gasteiger partial charge in [-0.15, -0.1) is 0 Å². The average Bonchev–Trinajstić information content (AvgIpc) is 2.96. The Bertz CT molecular complexity index is 364. The van der Waals surface area contributed by atoms with Crippen LogP contribution in [0.15, 0.2) is 18.5 Å². The Morgan fingerprint density at radius 2 is 2.47 bits per heavy atom. The van der Waals surface area contributed by atoms with E-state index in [9.17, 15) is 4.79 Å². The molecule has 0 radical (unpaired) electrons. The molecule has 5 heteroatoms. The monoisotopic (exact) mass is 237 g/mol. The van der Waals surface area contributed by atoms with Crippen molar-refractivity contribution in [2.45, 2.75) is 38.3 Å². The van der Waals surface area contributed by atoms with Gasteiger partial charge in [0.1, 0.15) is 0 Å². The highest BCUT2D eigenvalue weighted by atomic mass is 16.4. The Hall–Kier alpha value is -1.36. The topological polar surface area (TPSA) is 58.4 Å². The molecule has 5 nitrogen and oxygen atoms in total. The largest absolute Gasteiger partial charge is 0.481 e. The van der Waals surface area contributed by atoms with Crippen LogP contribution in [0.1, 0.15) is 32.2 Å². The van der Waals surface area contributed by atoms with Gasteiger partial charge in [-0.1, -0.05) is 0 Å². The normalized spacial score (nSPS) is 22.8. The number of hydrogen-bond acceptors (Lipinski definition) is 3. The van der Waals surface area contributed by atoms with Crippen molar-refractivity contribution in [2.75, 3.05) is 13.1 Å². The van der Waals surface area contributed by atoms with Gasteiger partial charge in [0, 0.05) is 25.0 Å². The van der Waals surface area contributed by atoms with E-state index in [1.807, 2.05) is 16.9 Å². The van der Waals surface area contributed by atoms with Crippen molar-refractivity contribution in [3.8, 4) is 0 Å². The van der Waals surface area contributed by atoms with Crippen LogP contribution in [0.5, 0.6) is 0 Å². The number of hydrogen-bond donors (Lipinski definition) is 1. The lowest BCUT2D eigenvalue weighted by Crippen LogP contribution is -2.37. The number of aromatic nitrogens is 2. The summed E-state index contributed by atoms with van der Waals surface area (Å²) in [7, 11) is 0. The summed E-state index contributed by atoms with van der Waals surface area (Å²) >= 11 is 0. The Morgan fingerprint density at radius 1 is 1.65 bits per heavy atom. The van der Waals surface area contributed by atoms with Crippen molar-refractivity contribution in [1.82, 2.24) is 14.7 Å². The minimum Gasteiger partial charge on any atom is -0.481 e. The predicted molar refractivity (Wildman–Crippen MR) is 63.8 cm³/mol. The number of carbonyl (C=O) groups is 1. The molecular formula is C12H19N3O2. The van der Waals surface area contributed by atoms with Crippen LogP contribution in [0.2, 0.25) is 0 Å². The van der Waals surface area contributed by atoms with E-state index in [-0.39, 0.29) is 6.42 Å². The molecule has 1 fully saturated rings. The van der Waals surface area contributed by atoms with Crippen molar-refractivity contribution in [2.24, 2.45) is 0 Å². The van der Waals surface area contributed by atoms with E-state index < -0.39 is 5.97 Å². The van der Waals surface area contributed by atoms with Gasteiger partial charge < -0.3 is 5.11 Å². The summed E-state index contributed by atoms with van der Waals surface area (Å²) in [6.45, 7) is 3.80. The van der Waals surface area contributed by atoms with Gasteiger partial charge in [0.05, 0.1) is 12.5 Å². The van der Waals surface area contributed by atoms with E-state index in [4.69, 9.17) is 5.11 Å². The number of nitrogens with zero attached hydrogens (tertiary/aromatic N) is 3. The van der Waals surface area contributed by atoms with E-state index in [0.717, 1.165) is 19.4 Å². The van der Waals surface area contributed by atoms with Gasteiger partial charge in [0.2, 0.25) is 0 Å². The molecule has 0 saturated carbocycles. The minimum atomic E-state index is -0.720. The molecule has 1 aromatic rings. The quantitative estimate of drug-likeness (QED) is 0.840. The predicted octanol–water partition coefficient (Wildman–Crippen LogP) is 1.38. The number of carboxylic acid groups (broad SMARTS) is 1. The Kier molecular flexibility index (Phi) is 3.78. The lowest BCUT2D eigenvalue weighted by Gasteiger charge is -2.29. The highest BCUT2D eigenvalue weighted by Crippen LogP contribution is 2.26. The van der Waals surface area contributed by atoms with Crippen molar-refractivity contribution in [1.29, 1.82) is 0 Å². The third kappa shape index (κ3) is 2.85. The first-order valence-electron chi connectivity index (χ1n) is 6.13. The first-order chi connectivity index (χ1) is 8.18. The molecule has 1 saturated heterocycles. The molecular weight excluding hydrogens is 218 g/mol. The Morgan fingerprint density at radius 3 is 3.12 bits per heavy atom. The molecule has 0 bridgehead atoms. The van der Waals surface area contributed by atoms with Gasteiger partial charge in [0.25, 0.3) is 0 Å². The molecule has 2 rings (SSSR count). The van der Waals surface area contributed by atoms with E-state index in [1.54, 1.807) is 6.20 Å². The zero-order chi connectivity index (χ0) is 12.3. The number of rotatable bonds is 5. The molecule has 0 aromatic carbocycles. The summed E-state index contributed by atoms with van der Waals surface area (Å²) < 4.78 is 1.96. The SMILES string of the molecule is C[C@@H]([C@H]1CCCN1CCC(=O)O)n1cccn1. The number of aliphatic carboxylic acids is 1. The van der Waals surface area contributed by atoms with Gasteiger partial charge in [-0.05, 0) is 32.4 Å². The third-order valence-electron chi connectivity index (χ3n) is 3.53. The third-order valence-corrected chi connectivity index (χ3v) is 3.53. The fourth-order valence-electron chi connectivity index (χ4n) is 2.61. The molecule has 1 aliphatic heterocycles. The Balaban J connectivity index is 1.96. The average molecular weight is 237 g/mol. The van der Waals surface area contributed by atoms with Crippen molar-refractivity contribution in [3.63, 3.8) is 0 Å². The summed E-state index contributed by atoms with van der Waals surface area (Å²) in [5.41, 5.74) is 0. The molecule has 0 spiro atoms. The molecule has 0 amide bonds. The Labute approximate surface area is 101 Å². The first kappa shape index (κ1) is 12.1. The fourth-order valence-corrected chi connectivity index (χ4v) is 2.61. The standard InChI is InChI=1S/C12H19N3O2/c1-10(15-8-3-6-13-15)11-4-2-7-14(11)9-5-12(16)17/h3,6,8,10-11H,2,4-5,7,9H2,1H3,(H,16,17)/t10-,11+/m0/s1. The molecule has 1 aromatic heterocycles. The van der Waals surface area contributed by atoms with Crippen LogP contribution in [0.4, 0.5) is 0 Å². The molecule has 2 atom stereocenters. The molecule has 1 N–H and O–H groups in total. The highest BCUT2D eigenvalue weighted by molar-refractivity contribution is 5.66. The lowest BCUT2D eigenvalue weighted by atomic mass is 10.1. The summed E-state index contributed by atoms with van der Waals surface area (Å²) in [6, 6.07) is 2.64. The summed E-state index contributed by atoms with van der Waals surface area (Å²) in [4.78, 5) is 12.9. The van der Waals surface area contributed by atoms with E-state index >= 15 is 0 Å². The smallest absolute Gasteiger partial charge is 0.304 e. The number of likely N-dealkylation sites (tertiary alicyclic amines) is 1. The van der Waals surface area contributed by atoms with Crippen LogP contribution in [0.25, 0.3) is 0 Å². The molecule has 0 aliphatic carbocycles. The zero-order valence-electron chi connectivity index (χ0n) is 10.1. The van der Waals surface area contributed by atoms with Crippen molar-refractivity contribution in [3.05, 3.63) is 18.5 Å². The first-order valence-corrected chi connectivity index (χ1v) is 6.13. The van der Waals surface area contributed by atoms with Crippen LogP contribution >= 0.6 is 0 Å². The van der Waals surface area contributed by atoms with Crippen LogP contribution < -0.4 is 0 Å². The summed E-state index contributed by atoms with van der Waals surface area (Å²) in [5.74, 6) is -0.720. The minimum absolute atomic E-state index is 0.225. The van der Waals surface area contributed by atoms with Crippen LogP contribution in [-0.4, -0.2) is 44.9 Å². The molecule has 17 heavy (non-hydrogen) atoms. The maximum absolute atomic E-state index is 10.6. The van der Waals surface area contributed by atoms with Gasteiger partial charge in [-0.3, -0.25) is 14.4 Å². The second-order valence-electron chi connectivity index (χ2n) is 4.62. The van der Waals surface area contributed by atoms with Gasteiger partial charge >= 0.3 is 5.97 Å². The van der Waals surface area contributed by atoms with Crippen molar-refractivity contribution < 1.29 is 9.90 Å². The lowest BCUT2D eigenvalue weighted by molar-refractivity contribution is -0.137. The van der Waals surface area contributed by atoms with Crippen LogP contribution in [0.3, 0.4) is 0 Å². The zero-order valence-corrected chi connectivity index (χ0v) is 10.1. The maximum Gasteiger partial charge on any atom is 0.304 e. The maximum atomic E-state index is 10.6. The van der Waals surface area contributed by atoms with Crippen molar-refractivity contribution >= 4 is 5.97 Å². The molecule has 1 aliphatic rings. The van der Waals surface area contributed by atoms with E-state index in [2.05, 4.69) is 16.9 Å². The summed E-state index contributed by atoms with van der Waals surface area (Å²) in [5, 5.41) is 13.0. The van der Waals surface area contributed by atoms with Crippen LogP contribution in [0, 0.1) is 0 Å². The fraction of sp³-hybridized carbons (Fsp3) is 0.667. The second kappa shape index (κ2) is 5.31.